The van der Waals surface area contributed by atoms with Crippen LogP contribution in [0.4, 0.5) is 5.69 Å². The average molecular weight is 413 g/mol. The number of hydrogen-bond donors (Lipinski definition) is 1. The molecule has 0 aliphatic heterocycles. The number of para-hydroxylation sites is 1. The molecule has 0 amide bonds. The fraction of sp³-hybridized carbons (Fsp3) is 0.227. The molecule has 29 heavy (non-hydrogen) atoms. The minimum absolute atomic E-state index is 0.503. The van der Waals surface area contributed by atoms with E-state index >= 15 is 0 Å². The summed E-state index contributed by atoms with van der Waals surface area (Å²) in [6.07, 6.45) is 1.65. The lowest BCUT2D eigenvalue weighted by atomic mass is 10.1. The van der Waals surface area contributed by atoms with Gasteiger partial charge in [-0.1, -0.05) is 18.2 Å². The van der Waals surface area contributed by atoms with Gasteiger partial charge in [0, 0.05) is 23.9 Å². The van der Waals surface area contributed by atoms with E-state index in [2.05, 4.69) is 5.32 Å². The van der Waals surface area contributed by atoms with Crippen LogP contribution in [0, 0.1) is 0 Å². The van der Waals surface area contributed by atoms with Crippen molar-refractivity contribution in [2.75, 3.05) is 26.6 Å². The lowest BCUT2D eigenvalue weighted by molar-refractivity contribution is 0.331. The van der Waals surface area contributed by atoms with Crippen molar-refractivity contribution in [2.45, 2.75) is 13.1 Å². The summed E-state index contributed by atoms with van der Waals surface area (Å²) in [5.41, 5.74) is 1.80. The molecule has 3 aromatic rings. The molecule has 3 rings (SSSR count). The maximum atomic E-state index is 5.71. The molecule has 0 fully saturated rings. The van der Waals surface area contributed by atoms with Gasteiger partial charge in [-0.25, -0.2) is 0 Å². The molecule has 0 bridgehead atoms. The Balaban J connectivity index is 1.85. The summed E-state index contributed by atoms with van der Waals surface area (Å²) < 4.78 is 21.8. The minimum Gasteiger partial charge on any atom is -0.497 e. The number of benzene rings is 2. The van der Waals surface area contributed by atoms with Crippen LogP contribution in [-0.4, -0.2) is 31.3 Å². The van der Waals surface area contributed by atoms with Crippen LogP contribution in [0.25, 0.3) is 0 Å². The summed E-state index contributed by atoms with van der Waals surface area (Å²) in [5.74, 6) is 2.92. The van der Waals surface area contributed by atoms with Crippen LogP contribution >= 0.6 is 12.2 Å². The molecule has 6 nitrogen and oxygen atoms in total. The number of nitrogens with one attached hydrogen (secondary N) is 1. The van der Waals surface area contributed by atoms with Gasteiger partial charge in [-0.05, 0) is 42.5 Å². The number of anilines is 1. The standard InChI is InChI=1S/C22H24N2O4S/c1-25-18-9-5-8-17(13-18)23-22(29)24(15-19-10-6-12-28-19)14-16-7-4-11-20(26-2)21(16)27-3/h4-13H,14-15H2,1-3H3,(H,23,29). The number of methoxy groups -OCH3 is 3. The molecule has 0 saturated heterocycles. The van der Waals surface area contributed by atoms with Gasteiger partial charge in [-0.15, -0.1) is 0 Å². The van der Waals surface area contributed by atoms with Gasteiger partial charge in [0.15, 0.2) is 16.6 Å². The Bertz CT molecular complexity index is 944. The van der Waals surface area contributed by atoms with Crippen molar-refractivity contribution in [3.05, 3.63) is 72.2 Å². The van der Waals surface area contributed by atoms with Crippen molar-refractivity contribution >= 4 is 23.0 Å². The molecule has 0 saturated carbocycles. The smallest absolute Gasteiger partial charge is 0.174 e. The van der Waals surface area contributed by atoms with Crippen molar-refractivity contribution < 1.29 is 18.6 Å². The largest absolute Gasteiger partial charge is 0.497 e. The second-order valence-electron chi connectivity index (χ2n) is 6.25. The highest BCUT2D eigenvalue weighted by molar-refractivity contribution is 7.80. The average Bonchev–Trinajstić information content (AvgIpc) is 3.26. The number of rotatable bonds is 8. The van der Waals surface area contributed by atoms with Crippen LogP contribution in [0.2, 0.25) is 0 Å². The van der Waals surface area contributed by atoms with Gasteiger partial charge < -0.3 is 28.8 Å². The molecule has 0 aliphatic carbocycles. The molecule has 7 heteroatoms. The minimum atomic E-state index is 0.503. The summed E-state index contributed by atoms with van der Waals surface area (Å²) in [6, 6.07) is 17.2. The van der Waals surface area contributed by atoms with Gasteiger partial charge in [0.25, 0.3) is 0 Å². The predicted molar refractivity (Wildman–Crippen MR) is 117 cm³/mol. The lowest BCUT2D eigenvalue weighted by Crippen LogP contribution is -2.33. The first-order valence-electron chi connectivity index (χ1n) is 9.06. The Morgan fingerprint density at radius 1 is 0.966 bits per heavy atom. The maximum absolute atomic E-state index is 5.71. The van der Waals surface area contributed by atoms with E-state index in [-0.39, 0.29) is 0 Å². The fourth-order valence-electron chi connectivity index (χ4n) is 2.98. The van der Waals surface area contributed by atoms with Crippen molar-refractivity contribution in [3.63, 3.8) is 0 Å². The van der Waals surface area contributed by atoms with Gasteiger partial charge in [-0.2, -0.15) is 0 Å². The zero-order valence-electron chi connectivity index (χ0n) is 16.7. The summed E-state index contributed by atoms with van der Waals surface area (Å²) in [7, 11) is 4.89. The molecule has 0 atom stereocenters. The third-order valence-electron chi connectivity index (χ3n) is 4.38. The Labute approximate surface area is 176 Å². The van der Waals surface area contributed by atoms with Gasteiger partial charge in [0.05, 0.1) is 34.1 Å². The van der Waals surface area contributed by atoms with Gasteiger partial charge in [0.2, 0.25) is 0 Å². The fourth-order valence-corrected chi connectivity index (χ4v) is 3.22. The molecular formula is C22H24N2O4S. The topological polar surface area (TPSA) is 56.1 Å². The third-order valence-corrected chi connectivity index (χ3v) is 4.74. The second kappa shape index (κ2) is 9.84. The molecule has 1 aromatic heterocycles. The van der Waals surface area contributed by atoms with E-state index in [9.17, 15) is 0 Å². The zero-order valence-corrected chi connectivity index (χ0v) is 17.5. The molecule has 2 aromatic carbocycles. The Morgan fingerprint density at radius 3 is 2.48 bits per heavy atom. The van der Waals surface area contributed by atoms with Crippen molar-refractivity contribution in [1.82, 2.24) is 4.90 Å². The second-order valence-corrected chi connectivity index (χ2v) is 6.64. The third kappa shape index (κ3) is 5.20. The highest BCUT2D eigenvalue weighted by atomic mass is 32.1. The van der Waals surface area contributed by atoms with Crippen LogP contribution in [0.3, 0.4) is 0 Å². The first-order chi connectivity index (χ1) is 14.1. The molecule has 0 aliphatic rings. The monoisotopic (exact) mass is 412 g/mol. The van der Waals surface area contributed by atoms with Gasteiger partial charge >= 0.3 is 0 Å². The Kier molecular flexibility index (Phi) is 6.97. The molecule has 1 heterocycles. The van der Waals surface area contributed by atoms with E-state index in [1.807, 2.05) is 59.5 Å². The number of nitrogens with zero attached hydrogens (tertiary/aromatic N) is 1. The normalized spacial score (nSPS) is 10.3. The van der Waals surface area contributed by atoms with Gasteiger partial charge in [0.1, 0.15) is 11.5 Å². The van der Waals surface area contributed by atoms with E-state index in [4.69, 9.17) is 30.8 Å². The number of ether oxygens (including phenoxy) is 3. The molecular weight excluding hydrogens is 388 g/mol. The molecule has 152 valence electrons. The zero-order chi connectivity index (χ0) is 20.6. The lowest BCUT2D eigenvalue weighted by Gasteiger charge is -2.26. The van der Waals surface area contributed by atoms with Crippen molar-refractivity contribution in [1.29, 1.82) is 0 Å². The van der Waals surface area contributed by atoms with E-state index in [0.29, 0.717) is 29.7 Å². The van der Waals surface area contributed by atoms with E-state index in [1.54, 1.807) is 27.6 Å². The molecule has 0 spiro atoms. The van der Waals surface area contributed by atoms with Crippen molar-refractivity contribution in [3.8, 4) is 17.2 Å². The van der Waals surface area contributed by atoms with Gasteiger partial charge in [-0.3, -0.25) is 0 Å². The molecule has 0 radical (unpaired) electrons. The SMILES string of the molecule is COc1cccc(NC(=S)N(Cc2ccco2)Cc2cccc(OC)c2OC)c1. The van der Waals surface area contributed by atoms with Crippen LogP contribution < -0.4 is 19.5 Å². The van der Waals surface area contributed by atoms with Crippen LogP contribution in [0.5, 0.6) is 17.2 Å². The summed E-state index contributed by atoms with van der Waals surface area (Å²) in [5, 5.41) is 3.83. The summed E-state index contributed by atoms with van der Waals surface area (Å²) in [6.45, 7) is 1.01. The summed E-state index contributed by atoms with van der Waals surface area (Å²) in [4.78, 5) is 2.00. The number of thiocarbonyl (C=S) groups is 1. The van der Waals surface area contributed by atoms with E-state index < -0.39 is 0 Å². The van der Waals surface area contributed by atoms with E-state index in [1.165, 1.54) is 0 Å². The van der Waals surface area contributed by atoms with E-state index in [0.717, 1.165) is 22.8 Å². The highest BCUT2D eigenvalue weighted by Gasteiger charge is 2.17. The predicted octanol–water partition coefficient (Wildman–Crippen LogP) is 4.70. The van der Waals surface area contributed by atoms with Crippen LogP contribution in [-0.2, 0) is 13.1 Å². The van der Waals surface area contributed by atoms with Crippen LogP contribution in [0.15, 0.2) is 65.3 Å². The first-order valence-corrected chi connectivity index (χ1v) is 9.47. The Morgan fingerprint density at radius 2 is 1.79 bits per heavy atom. The van der Waals surface area contributed by atoms with Crippen LogP contribution in [0.1, 0.15) is 11.3 Å². The maximum Gasteiger partial charge on any atom is 0.174 e. The summed E-state index contributed by atoms with van der Waals surface area (Å²) >= 11 is 5.71. The highest BCUT2D eigenvalue weighted by Crippen LogP contribution is 2.32. The Hall–Kier alpha value is -3.19. The molecule has 0 unspecified atom stereocenters. The number of hydrogen-bond acceptors (Lipinski definition) is 5. The number of furan rings is 1. The van der Waals surface area contributed by atoms with Crippen molar-refractivity contribution in [2.24, 2.45) is 0 Å². The quantitative estimate of drug-likeness (QED) is 0.538. The molecule has 1 N–H and O–H groups in total. The first kappa shape index (κ1) is 20.5.